The van der Waals surface area contributed by atoms with E-state index in [1.165, 1.54) is 9.30 Å². The molecular weight excluding hydrogens is 546 g/mol. The van der Waals surface area contributed by atoms with Crippen molar-refractivity contribution in [3.63, 3.8) is 0 Å². The Balaban J connectivity index is 1.51. The van der Waals surface area contributed by atoms with Gasteiger partial charge in [0.15, 0.2) is 0 Å². The summed E-state index contributed by atoms with van der Waals surface area (Å²) in [5.74, 6) is -0.929. The number of aliphatic carboxylic acids is 1. The van der Waals surface area contributed by atoms with Gasteiger partial charge in [0.25, 0.3) is 11.5 Å². The number of nitrogens with zero attached hydrogens (tertiary/aromatic N) is 5. The molecule has 9 nitrogen and oxygen atoms in total. The van der Waals surface area contributed by atoms with Crippen molar-refractivity contribution in [1.82, 2.24) is 14.3 Å². The number of aryl methyl sites for hydroxylation is 1. The Morgan fingerprint density at radius 2 is 1.89 bits per heavy atom. The first kappa shape index (κ1) is 26.2. The monoisotopic (exact) mass is 569 g/mol. The normalized spacial score (nSPS) is 17.2. The molecule has 1 aromatic carbocycles. The number of hydrogen-bond donors (Lipinski definition) is 1. The van der Waals surface area contributed by atoms with Gasteiger partial charge in [0.1, 0.15) is 15.8 Å². The molecular formula is C26H24ClN5O4S2. The van der Waals surface area contributed by atoms with Crippen LogP contribution in [0.4, 0.5) is 11.5 Å². The Kier molecular flexibility index (Phi) is 7.42. The summed E-state index contributed by atoms with van der Waals surface area (Å²) in [6.07, 6.45) is 3.05. The van der Waals surface area contributed by atoms with Gasteiger partial charge in [0.05, 0.1) is 16.9 Å². The van der Waals surface area contributed by atoms with Crippen LogP contribution in [-0.4, -0.2) is 68.3 Å². The van der Waals surface area contributed by atoms with E-state index in [1.807, 2.05) is 37.3 Å². The van der Waals surface area contributed by atoms with Crippen LogP contribution in [0.3, 0.4) is 0 Å². The van der Waals surface area contributed by atoms with Crippen LogP contribution in [0, 0.1) is 6.92 Å². The highest BCUT2D eigenvalue weighted by molar-refractivity contribution is 8.26. The third-order valence-electron chi connectivity index (χ3n) is 6.44. The van der Waals surface area contributed by atoms with Gasteiger partial charge in [-0.05, 0) is 42.8 Å². The van der Waals surface area contributed by atoms with Crippen LogP contribution >= 0.6 is 35.6 Å². The lowest BCUT2D eigenvalue weighted by atomic mass is 10.2. The number of amides is 1. The molecule has 2 aromatic heterocycles. The second kappa shape index (κ2) is 10.8. The van der Waals surface area contributed by atoms with Gasteiger partial charge in [0, 0.05) is 49.6 Å². The zero-order valence-corrected chi connectivity index (χ0v) is 22.9. The summed E-state index contributed by atoms with van der Waals surface area (Å²) in [5.41, 5.74) is 2.45. The summed E-state index contributed by atoms with van der Waals surface area (Å²) in [6.45, 7) is 4.49. The van der Waals surface area contributed by atoms with E-state index < -0.39 is 11.9 Å². The van der Waals surface area contributed by atoms with Gasteiger partial charge in [-0.15, -0.1) is 0 Å². The molecule has 4 heterocycles. The quantitative estimate of drug-likeness (QED) is 0.352. The predicted molar refractivity (Wildman–Crippen MR) is 154 cm³/mol. The Morgan fingerprint density at radius 1 is 1.16 bits per heavy atom. The molecule has 38 heavy (non-hydrogen) atoms. The fourth-order valence-corrected chi connectivity index (χ4v) is 5.97. The van der Waals surface area contributed by atoms with Gasteiger partial charge in [-0.25, -0.2) is 4.98 Å². The molecule has 1 N–H and O–H groups in total. The zero-order chi connectivity index (χ0) is 27.0. The largest absolute Gasteiger partial charge is 0.481 e. The van der Waals surface area contributed by atoms with E-state index in [1.54, 1.807) is 18.3 Å². The lowest BCUT2D eigenvalue weighted by Gasteiger charge is -2.37. The minimum Gasteiger partial charge on any atom is -0.481 e. The number of thioether (sulfide) groups is 1. The molecule has 2 aliphatic heterocycles. The van der Waals surface area contributed by atoms with Crippen LogP contribution < -0.4 is 15.4 Å². The number of halogens is 1. The van der Waals surface area contributed by atoms with Gasteiger partial charge < -0.3 is 14.9 Å². The lowest BCUT2D eigenvalue weighted by molar-refractivity contribution is -0.137. The van der Waals surface area contributed by atoms with Crippen LogP contribution in [-0.2, 0) is 9.59 Å². The molecule has 0 radical (unpaired) electrons. The molecule has 5 rings (SSSR count). The average Bonchev–Trinajstić information content (AvgIpc) is 3.16. The summed E-state index contributed by atoms with van der Waals surface area (Å²) in [5, 5.41) is 9.70. The molecule has 12 heteroatoms. The first-order valence-electron chi connectivity index (χ1n) is 12.0. The maximum Gasteiger partial charge on any atom is 0.305 e. The number of carbonyl (C=O) groups is 2. The number of carboxylic acids is 1. The number of pyridine rings is 1. The number of thiocarbonyl (C=S) groups is 1. The summed E-state index contributed by atoms with van der Waals surface area (Å²) in [7, 11) is 0. The molecule has 1 amide bonds. The number of carbonyl (C=O) groups excluding carboxylic acids is 1. The van der Waals surface area contributed by atoms with Crippen LogP contribution in [0.2, 0.25) is 5.02 Å². The van der Waals surface area contributed by atoms with Crippen molar-refractivity contribution in [2.45, 2.75) is 13.3 Å². The molecule has 0 saturated carbocycles. The maximum atomic E-state index is 13.7. The Bertz CT molecular complexity index is 1550. The van der Waals surface area contributed by atoms with E-state index in [4.69, 9.17) is 33.9 Å². The highest BCUT2D eigenvalue weighted by Gasteiger charge is 2.33. The van der Waals surface area contributed by atoms with E-state index in [2.05, 4.69) is 9.80 Å². The smallest absolute Gasteiger partial charge is 0.305 e. The fourth-order valence-electron chi connectivity index (χ4n) is 4.49. The van der Waals surface area contributed by atoms with Gasteiger partial charge in [-0.2, -0.15) is 0 Å². The van der Waals surface area contributed by atoms with Crippen molar-refractivity contribution < 1.29 is 14.7 Å². The van der Waals surface area contributed by atoms with Crippen molar-refractivity contribution in [2.24, 2.45) is 0 Å². The number of carboxylic acid groups (broad SMARTS) is 1. The first-order valence-corrected chi connectivity index (χ1v) is 13.6. The molecule has 0 atom stereocenters. The first-order chi connectivity index (χ1) is 18.2. The lowest BCUT2D eigenvalue weighted by Crippen LogP contribution is -2.47. The van der Waals surface area contributed by atoms with Crippen LogP contribution in [0.5, 0.6) is 0 Å². The predicted octanol–water partition coefficient (Wildman–Crippen LogP) is 3.66. The second-order valence-corrected chi connectivity index (χ2v) is 11.1. The highest BCUT2D eigenvalue weighted by Crippen LogP contribution is 2.34. The average molecular weight is 570 g/mol. The van der Waals surface area contributed by atoms with E-state index in [0.29, 0.717) is 48.2 Å². The number of anilines is 2. The Morgan fingerprint density at radius 3 is 2.61 bits per heavy atom. The van der Waals surface area contributed by atoms with Gasteiger partial charge in [-0.1, -0.05) is 47.7 Å². The molecule has 3 aromatic rings. The third kappa shape index (κ3) is 5.27. The number of fused-ring (bicyclic) bond motifs is 1. The van der Waals surface area contributed by atoms with Crippen molar-refractivity contribution in [2.75, 3.05) is 42.5 Å². The maximum absolute atomic E-state index is 13.7. The SMILES string of the molecule is Cc1ccc2nc(N3CCN(c4cccc(Cl)c4)CC3)c(C=C3SC(=S)N(CCC(=O)O)C3=O)c(=O)n2c1. The van der Waals surface area contributed by atoms with Crippen molar-refractivity contribution in [3.05, 3.63) is 74.0 Å². The summed E-state index contributed by atoms with van der Waals surface area (Å²) < 4.78 is 1.75. The molecule has 0 spiro atoms. The van der Waals surface area contributed by atoms with Gasteiger partial charge >= 0.3 is 5.97 Å². The summed E-state index contributed by atoms with van der Waals surface area (Å²) in [4.78, 5) is 48.5. The minimum atomic E-state index is -1.02. The van der Waals surface area contributed by atoms with Gasteiger partial charge in [0.2, 0.25) is 0 Å². The highest BCUT2D eigenvalue weighted by atomic mass is 35.5. The van der Waals surface area contributed by atoms with Crippen molar-refractivity contribution in [3.8, 4) is 0 Å². The number of piperazine rings is 1. The summed E-state index contributed by atoms with van der Waals surface area (Å²) in [6, 6.07) is 11.4. The fraction of sp³-hybridized carbons (Fsp3) is 0.269. The van der Waals surface area contributed by atoms with Crippen LogP contribution in [0.25, 0.3) is 11.7 Å². The van der Waals surface area contributed by atoms with E-state index in [0.717, 1.165) is 23.0 Å². The number of aromatic nitrogens is 2. The topological polar surface area (TPSA) is 98.5 Å². The molecule has 196 valence electrons. The molecule has 2 aliphatic rings. The molecule has 2 fully saturated rings. The number of hydrogen-bond acceptors (Lipinski definition) is 8. The second-order valence-electron chi connectivity index (χ2n) is 9.02. The Labute approximate surface area is 233 Å². The van der Waals surface area contributed by atoms with Crippen LogP contribution in [0.15, 0.2) is 52.3 Å². The molecule has 0 unspecified atom stereocenters. The molecule has 0 bridgehead atoms. The van der Waals surface area contributed by atoms with E-state index >= 15 is 0 Å². The number of rotatable bonds is 6. The standard InChI is InChI=1S/C26H24ClN5O4S2/c1-16-5-6-21-28-23(30-11-9-29(10-12-30)18-4-2-3-17(27)13-18)19(24(35)32(21)15-16)14-20-25(36)31(26(37)38-20)8-7-22(33)34/h2-6,13-15H,7-12H2,1H3,(H,33,34). The van der Waals surface area contributed by atoms with E-state index in [-0.39, 0.29) is 27.8 Å². The Hall–Kier alpha value is -3.41. The number of benzene rings is 1. The molecule has 0 aliphatic carbocycles. The molecule has 2 saturated heterocycles. The third-order valence-corrected chi connectivity index (χ3v) is 8.05. The van der Waals surface area contributed by atoms with E-state index in [9.17, 15) is 14.4 Å². The summed E-state index contributed by atoms with van der Waals surface area (Å²) >= 11 is 12.6. The van der Waals surface area contributed by atoms with Crippen LogP contribution in [0.1, 0.15) is 17.5 Å². The zero-order valence-electron chi connectivity index (χ0n) is 20.5. The van der Waals surface area contributed by atoms with Crippen molar-refractivity contribution in [1.29, 1.82) is 0 Å². The van der Waals surface area contributed by atoms with Crippen molar-refractivity contribution >= 4 is 75.0 Å². The minimum absolute atomic E-state index is 0.0240. The van der Waals surface area contributed by atoms with Gasteiger partial charge in [-0.3, -0.25) is 23.7 Å².